The summed E-state index contributed by atoms with van der Waals surface area (Å²) in [7, 11) is 0. The van der Waals surface area contributed by atoms with Crippen LogP contribution in [0.25, 0.3) is 28.2 Å². The van der Waals surface area contributed by atoms with Crippen molar-refractivity contribution in [3.05, 3.63) is 54.7 Å². The lowest BCUT2D eigenvalue weighted by molar-refractivity contribution is 0.0253. The number of hydrogen-bond acceptors (Lipinski definition) is 6. The van der Waals surface area contributed by atoms with E-state index in [4.69, 9.17) is 4.74 Å². The molecule has 136 valence electrons. The van der Waals surface area contributed by atoms with E-state index in [2.05, 4.69) is 25.1 Å². The highest BCUT2D eigenvalue weighted by molar-refractivity contribution is 5.74. The van der Waals surface area contributed by atoms with Crippen LogP contribution in [0.4, 0.5) is 0 Å². The van der Waals surface area contributed by atoms with Gasteiger partial charge in [-0.2, -0.15) is 5.10 Å². The van der Waals surface area contributed by atoms with Crippen LogP contribution in [0.3, 0.4) is 0 Å². The summed E-state index contributed by atoms with van der Waals surface area (Å²) in [6.07, 6.45) is 6.70. The molecule has 0 saturated heterocycles. The summed E-state index contributed by atoms with van der Waals surface area (Å²) < 4.78 is 7.52. The van der Waals surface area contributed by atoms with Gasteiger partial charge < -0.3 is 9.84 Å². The molecular weight excluding hydrogens is 344 g/mol. The molecule has 1 aliphatic carbocycles. The molecule has 1 fully saturated rings. The Bertz CT molecular complexity index is 1070. The fourth-order valence-electron chi connectivity index (χ4n) is 2.99. The average Bonchev–Trinajstić information content (AvgIpc) is 3.19. The number of rotatable bonds is 6. The number of hydrogen-bond donors (Lipinski definition) is 2. The summed E-state index contributed by atoms with van der Waals surface area (Å²) in [6.45, 7) is 0.255. The smallest absolute Gasteiger partial charge is 0.163 e. The maximum Gasteiger partial charge on any atom is 0.163 e. The second kappa shape index (κ2) is 6.57. The van der Waals surface area contributed by atoms with E-state index in [9.17, 15) is 5.11 Å². The van der Waals surface area contributed by atoms with Gasteiger partial charge in [-0.05, 0) is 31.0 Å². The van der Waals surface area contributed by atoms with Crippen molar-refractivity contribution in [2.45, 2.75) is 25.0 Å². The Morgan fingerprint density at radius 3 is 3.00 bits per heavy atom. The van der Waals surface area contributed by atoms with Gasteiger partial charge in [-0.15, -0.1) is 0 Å². The first-order chi connectivity index (χ1) is 13.3. The van der Waals surface area contributed by atoms with E-state index in [1.165, 1.54) is 6.33 Å². The van der Waals surface area contributed by atoms with Gasteiger partial charge in [0, 0.05) is 17.4 Å². The molecule has 8 heteroatoms. The Morgan fingerprint density at radius 2 is 2.19 bits per heavy atom. The summed E-state index contributed by atoms with van der Waals surface area (Å²) in [5.74, 6) is 0.709. The molecule has 1 saturated carbocycles. The molecule has 2 N–H and O–H groups in total. The van der Waals surface area contributed by atoms with Crippen molar-refractivity contribution in [1.82, 2.24) is 29.7 Å². The monoisotopic (exact) mass is 362 g/mol. The Kier molecular flexibility index (Phi) is 3.92. The van der Waals surface area contributed by atoms with Crippen molar-refractivity contribution in [3.8, 4) is 17.1 Å². The topological polar surface area (TPSA) is 102 Å². The number of aliphatic hydroxyl groups excluding tert-OH is 1. The first kappa shape index (κ1) is 16.1. The molecule has 1 atom stereocenters. The minimum Gasteiger partial charge on any atom is -0.384 e. The van der Waals surface area contributed by atoms with Crippen LogP contribution >= 0.6 is 0 Å². The molecule has 0 spiro atoms. The van der Waals surface area contributed by atoms with Gasteiger partial charge in [0.25, 0.3) is 0 Å². The lowest BCUT2D eigenvalue weighted by Crippen LogP contribution is -2.10. The zero-order valence-corrected chi connectivity index (χ0v) is 14.5. The van der Waals surface area contributed by atoms with Crippen LogP contribution in [0, 0.1) is 0 Å². The fourth-order valence-corrected chi connectivity index (χ4v) is 2.99. The van der Waals surface area contributed by atoms with Crippen LogP contribution in [0.5, 0.6) is 0 Å². The molecule has 0 aliphatic heterocycles. The van der Waals surface area contributed by atoms with Crippen molar-refractivity contribution >= 4 is 11.2 Å². The number of benzene rings is 1. The zero-order chi connectivity index (χ0) is 18.2. The second-order valence-corrected chi connectivity index (χ2v) is 6.62. The zero-order valence-electron chi connectivity index (χ0n) is 14.5. The molecule has 0 amide bonds. The second-order valence-electron chi connectivity index (χ2n) is 6.62. The Labute approximate surface area is 154 Å². The predicted octanol–water partition coefficient (Wildman–Crippen LogP) is 2.42. The number of aromatic nitrogens is 6. The third-order valence-corrected chi connectivity index (χ3v) is 4.58. The van der Waals surface area contributed by atoms with Crippen molar-refractivity contribution in [2.24, 2.45) is 0 Å². The Morgan fingerprint density at radius 1 is 1.26 bits per heavy atom. The summed E-state index contributed by atoms with van der Waals surface area (Å²) in [6, 6.07) is 9.82. The van der Waals surface area contributed by atoms with Crippen LogP contribution in [-0.4, -0.2) is 47.5 Å². The van der Waals surface area contributed by atoms with E-state index in [-0.39, 0.29) is 6.61 Å². The highest BCUT2D eigenvalue weighted by Crippen LogP contribution is 2.26. The molecule has 4 aromatic rings. The summed E-state index contributed by atoms with van der Waals surface area (Å²) >= 11 is 0. The molecule has 1 aromatic carbocycles. The van der Waals surface area contributed by atoms with Gasteiger partial charge in [-0.1, -0.05) is 12.1 Å². The number of aliphatic hydroxyl groups is 1. The molecule has 5 rings (SSSR count). The summed E-state index contributed by atoms with van der Waals surface area (Å²) in [5.41, 5.74) is 3.85. The minimum atomic E-state index is -0.763. The fraction of sp³-hybridized carbons (Fsp3) is 0.263. The molecule has 0 unspecified atom stereocenters. The standard InChI is InChI=1S/C19H18N6O2/c26-17(10-27-14-4-5-14)16-9-20-19-15(23-16)6-7-25(19)13-3-1-2-12(8-13)18-21-11-22-24-18/h1-3,6-9,11,14,17,26H,4-5,10H2,(H,21,22,24)/t17-/m1/s1. The lowest BCUT2D eigenvalue weighted by Gasteiger charge is -2.11. The van der Waals surface area contributed by atoms with E-state index in [1.54, 1.807) is 6.20 Å². The van der Waals surface area contributed by atoms with Gasteiger partial charge >= 0.3 is 0 Å². The molecule has 8 nitrogen and oxygen atoms in total. The summed E-state index contributed by atoms with van der Waals surface area (Å²) in [4.78, 5) is 13.3. The Hall–Kier alpha value is -3.10. The predicted molar refractivity (Wildman–Crippen MR) is 98.2 cm³/mol. The van der Waals surface area contributed by atoms with Gasteiger partial charge in [-0.3, -0.25) is 9.67 Å². The van der Waals surface area contributed by atoms with E-state index in [0.717, 1.165) is 35.3 Å². The van der Waals surface area contributed by atoms with Crippen molar-refractivity contribution < 1.29 is 9.84 Å². The van der Waals surface area contributed by atoms with E-state index in [0.29, 0.717) is 17.6 Å². The van der Waals surface area contributed by atoms with E-state index in [1.807, 2.05) is 41.1 Å². The number of ether oxygens (including phenoxy) is 1. The number of H-pyrrole nitrogens is 1. The largest absolute Gasteiger partial charge is 0.384 e. The Balaban J connectivity index is 1.45. The number of nitrogens with zero attached hydrogens (tertiary/aromatic N) is 5. The normalized spacial score (nSPS) is 15.3. The average molecular weight is 362 g/mol. The number of nitrogens with one attached hydrogen (secondary N) is 1. The van der Waals surface area contributed by atoms with Crippen LogP contribution in [0.15, 0.2) is 49.1 Å². The first-order valence-corrected chi connectivity index (χ1v) is 8.88. The van der Waals surface area contributed by atoms with Crippen molar-refractivity contribution in [2.75, 3.05) is 6.61 Å². The minimum absolute atomic E-state index is 0.255. The van der Waals surface area contributed by atoms with Crippen molar-refractivity contribution in [1.29, 1.82) is 0 Å². The third-order valence-electron chi connectivity index (χ3n) is 4.58. The van der Waals surface area contributed by atoms with Gasteiger partial charge in [-0.25, -0.2) is 15.0 Å². The number of fused-ring (bicyclic) bond motifs is 1. The van der Waals surface area contributed by atoms with Crippen LogP contribution in [0.1, 0.15) is 24.6 Å². The highest BCUT2D eigenvalue weighted by Gasteiger charge is 2.24. The molecule has 3 aromatic heterocycles. The summed E-state index contributed by atoms with van der Waals surface area (Å²) in [5, 5.41) is 17.0. The maximum atomic E-state index is 10.3. The highest BCUT2D eigenvalue weighted by atomic mass is 16.5. The van der Waals surface area contributed by atoms with Gasteiger partial charge in [0.1, 0.15) is 17.9 Å². The van der Waals surface area contributed by atoms with E-state index < -0.39 is 6.10 Å². The molecule has 0 bridgehead atoms. The molecule has 0 radical (unpaired) electrons. The van der Waals surface area contributed by atoms with Crippen LogP contribution in [-0.2, 0) is 4.74 Å². The van der Waals surface area contributed by atoms with Crippen molar-refractivity contribution in [3.63, 3.8) is 0 Å². The van der Waals surface area contributed by atoms with Gasteiger partial charge in [0.05, 0.1) is 24.6 Å². The van der Waals surface area contributed by atoms with Crippen LogP contribution in [0.2, 0.25) is 0 Å². The maximum absolute atomic E-state index is 10.3. The third kappa shape index (κ3) is 3.20. The molecule has 1 aliphatic rings. The van der Waals surface area contributed by atoms with Crippen LogP contribution < -0.4 is 0 Å². The molecular formula is C19H18N6O2. The van der Waals surface area contributed by atoms with Gasteiger partial charge in [0.2, 0.25) is 0 Å². The SMILES string of the molecule is O[C@H](COC1CC1)c1cnc2c(ccn2-c2cccc(-c3ncn[nH]3)c2)n1. The molecule has 3 heterocycles. The lowest BCUT2D eigenvalue weighted by atomic mass is 10.2. The molecule has 27 heavy (non-hydrogen) atoms. The number of aromatic amines is 1. The van der Waals surface area contributed by atoms with E-state index >= 15 is 0 Å². The quantitative estimate of drug-likeness (QED) is 0.546. The first-order valence-electron chi connectivity index (χ1n) is 8.88. The van der Waals surface area contributed by atoms with Gasteiger partial charge in [0.15, 0.2) is 11.5 Å².